The van der Waals surface area contributed by atoms with Gasteiger partial charge in [0.05, 0.1) is 0 Å². The molecular weight excluding hydrogens is 191 g/mol. The van der Waals surface area contributed by atoms with Crippen molar-refractivity contribution in [2.75, 3.05) is 0 Å². The lowest BCUT2D eigenvalue weighted by molar-refractivity contribution is 0.112. The van der Waals surface area contributed by atoms with Gasteiger partial charge >= 0.3 is 7.12 Å². The number of carbonyl (C=O) groups is 1. The van der Waals surface area contributed by atoms with E-state index in [2.05, 4.69) is 0 Å². The van der Waals surface area contributed by atoms with E-state index in [4.69, 9.17) is 10.0 Å². The lowest BCUT2D eigenvalue weighted by Gasteiger charge is -2.12. The van der Waals surface area contributed by atoms with Crippen molar-refractivity contribution in [2.24, 2.45) is 0 Å². The third-order valence-corrected chi connectivity index (χ3v) is 2.68. The van der Waals surface area contributed by atoms with Crippen LogP contribution in [0.3, 0.4) is 0 Å². The Morgan fingerprint density at radius 3 is 2.60 bits per heavy atom. The molecule has 0 saturated carbocycles. The summed E-state index contributed by atoms with van der Waals surface area (Å²) in [7, 11) is -1.52. The number of hydrogen-bond acceptors (Lipinski definition) is 3. The molecule has 0 aliphatic rings. The first-order chi connectivity index (χ1) is 7.10. The largest absolute Gasteiger partial charge is 0.488 e. The summed E-state index contributed by atoms with van der Waals surface area (Å²) in [6, 6.07) is 4.95. The maximum atomic E-state index is 10.9. The minimum atomic E-state index is -1.52. The highest BCUT2D eigenvalue weighted by Crippen LogP contribution is 2.20. The first-order valence-electron chi connectivity index (χ1n) is 5.05. The fourth-order valence-corrected chi connectivity index (χ4v) is 1.52. The smallest absolute Gasteiger partial charge is 0.423 e. The first kappa shape index (κ1) is 11.9. The topological polar surface area (TPSA) is 57.5 Å². The van der Waals surface area contributed by atoms with Gasteiger partial charge < -0.3 is 10.0 Å². The third-order valence-electron chi connectivity index (χ3n) is 2.68. The minimum absolute atomic E-state index is 0.301. The fourth-order valence-electron chi connectivity index (χ4n) is 1.52. The Morgan fingerprint density at radius 1 is 1.47 bits per heavy atom. The summed E-state index contributed by atoms with van der Waals surface area (Å²) in [6.07, 6.45) is 1.70. The van der Waals surface area contributed by atoms with Gasteiger partial charge in [0.2, 0.25) is 0 Å². The van der Waals surface area contributed by atoms with Gasteiger partial charge in [0.15, 0.2) is 0 Å². The Bertz CT molecular complexity index is 350. The lowest BCUT2D eigenvalue weighted by Crippen LogP contribution is -2.30. The van der Waals surface area contributed by atoms with Crippen LogP contribution in [0.1, 0.15) is 42.1 Å². The van der Waals surface area contributed by atoms with E-state index in [1.807, 2.05) is 13.8 Å². The molecule has 0 radical (unpaired) electrons. The van der Waals surface area contributed by atoms with E-state index in [-0.39, 0.29) is 0 Å². The molecule has 1 aromatic rings. The molecule has 1 atom stereocenters. The maximum absolute atomic E-state index is 10.9. The van der Waals surface area contributed by atoms with Gasteiger partial charge in [-0.05, 0) is 23.4 Å². The van der Waals surface area contributed by atoms with Gasteiger partial charge in [0.25, 0.3) is 0 Å². The molecule has 0 amide bonds. The van der Waals surface area contributed by atoms with Crippen molar-refractivity contribution in [2.45, 2.75) is 26.2 Å². The monoisotopic (exact) mass is 206 g/mol. The Morgan fingerprint density at radius 2 is 2.13 bits per heavy atom. The average molecular weight is 206 g/mol. The number of hydrogen-bond donors (Lipinski definition) is 2. The number of benzene rings is 1. The highest BCUT2D eigenvalue weighted by molar-refractivity contribution is 6.58. The van der Waals surface area contributed by atoms with Crippen molar-refractivity contribution < 1.29 is 14.8 Å². The zero-order chi connectivity index (χ0) is 11.4. The summed E-state index contributed by atoms with van der Waals surface area (Å²) in [5.41, 5.74) is 1.84. The van der Waals surface area contributed by atoms with Crippen LogP contribution >= 0.6 is 0 Å². The first-order valence-corrected chi connectivity index (χ1v) is 5.05. The van der Waals surface area contributed by atoms with Crippen LogP contribution in [0, 0.1) is 0 Å². The summed E-state index contributed by atoms with van der Waals surface area (Å²) in [5, 5.41) is 17.9. The van der Waals surface area contributed by atoms with E-state index in [9.17, 15) is 4.79 Å². The molecule has 0 aromatic heterocycles. The molecule has 3 nitrogen and oxygen atoms in total. The second-order valence-corrected chi connectivity index (χ2v) is 3.69. The van der Waals surface area contributed by atoms with E-state index in [0.29, 0.717) is 16.9 Å². The normalized spacial score (nSPS) is 12.3. The molecule has 1 rings (SSSR count). The predicted molar refractivity (Wildman–Crippen MR) is 60.4 cm³/mol. The van der Waals surface area contributed by atoms with Gasteiger partial charge in [0.1, 0.15) is 6.29 Å². The molecule has 0 saturated heterocycles. The van der Waals surface area contributed by atoms with Crippen molar-refractivity contribution in [1.82, 2.24) is 0 Å². The maximum Gasteiger partial charge on any atom is 0.488 e. The quantitative estimate of drug-likeness (QED) is 0.562. The molecule has 80 valence electrons. The van der Waals surface area contributed by atoms with E-state index in [0.717, 1.165) is 18.3 Å². The molecule has 0 aliphatic heterocycles. The van der Waals surface area contributed by atoms with Gasteiger partial charge in [0, 0.05) is 5.56 Å². The second kappa shape index (κ2) is 5.10. The summed E-state index contributed by atoms with van der Waals surface area (Å²) in [5.74, 6) is 0.301. The SMILES string of the molecule is CCC(C)c1ccc(B(O)O)cc1C=O. The molecule has 2 N–H and O–H groups in total. The Hall–Kier alpha value is -1.13. The number of rotatable bonds is 4. The van der Waals surface area contributed by atoms with E-state index >= 15 is 0 Å². The zero-order valence-electron chi connectivity index (χ0n) is 8.97. The Labute approximate surface area is 89.9 Å². The van der Waals surface area contributed by atoms with Crippen molar-refractivity contribution in [1.29, 1.82) is 0 Å². The van der Waals surface area contributed by atoms with Gasteiger partial charge in [-0.25, -0.2) is 0 Å². The van der Waals surface area contributed by atoms with Crippen molar-refractivity contribution in [3.8, 4) is 0 Å². The van der Waals surface area contributed by atoms with E-state index < -0.39 is 7.12 Å². The molecule has 4 heteroatoms. The summed E-state index contributed by atoms with van der Waals surface area (Å²) in [6.45, 7) is 4.09. The molecule has 1 aromatic carbocycles. The van der Waals surface area contributed by atoms with Crippen LogP contribution in [0.4, 0.5) is 0 Å². The molecule has 1 unspecified atom stereocenters. The fraction of sp³-hybridized carbons (Fsp3) is 0.364. The van der Waals surface area contributed by atoms with Gasteiger partial charge in [-0.15, -0.1) is 0 Å². The molecule has 0 spiro atoms. The average Bonchev–Trinajstić information content (AvgIpc) is 2.27. The molecular formula is C11H15BO3. The van der Waals surface area contributed by atoms with Crippen LogP contribution in [0.25, 0.3) is 0 Å². The highest BCUT2D eigenvalue weighted by Gasteiger charge is 2.15. The zero-order valence-corrected chi connectivity index (χ0v) is 8.97. The lowest BCUT2D eigenvalue weighted by atomic mass is 9.78. The molecule has 0 heterocycles. The van der Waals surface area contributed by atoms with Crippen LogP contribution < -0.4 is 5.46 Å². The summed E-state index contributed by atoms with van der Waals surface area (Å²) >= 11 is 0. The van der Waals surface area contributed by atoms with E-state index in [1.54, 1.807) is 12.1 Å². The van der Waals surface area contributed by atoms with Crippen LogP contribution in [0.2, 0.25) is 0 Å². The van der Waals surface area contributed by atoms with Crippen LogP contribution in [0.5, 0.6) is 0 Å². The molecule has 0 bridgehead atoms. The number of aldehydes is 1. The van der Waals surface area contributed by atoms with Gasteiger partial charge in [-0.3, -0.25) is 4.79 Å². The highest BCUT2D eigenvalue weighted by atomic mass is 16.4. The Balaban J connectivity index is 3.14. The van der Waals surface area contributed by atoms with Gasteiger partial charge in [-0.1, -0.05) is 32.0 Å². The van der Waals surface area contributed by atoms with Crippen molar-refractivity contribution in [3.05, 3.63) is 29.3 Å². The van der Waals surface area contributed by atoms with Crippen LogP contribution in [-0.4, -0.2) is 23.5 Å². The van der Waals surface area contributed by atoms with E-state index in [1.165, 1.54) is 6.07 Å². The molecule has 0 fully saturated rings. The molecule has 15 heavy (non-hydrogen) atoms. The minimum Gasteiger partial charge on any atom is -0.423 e. The molecule has 0 aliphatic carbocycles. The Kier molecular flexibility index (Phi) is 4.06. The van der Waals surface area contributed by atoms with Crippen LogP contribution in [-0.2, 0) is 0 Å². The number of carbonyl (C=O) groups excluding carboxylic acids is 1. The van der Waals surface area contributed by atoms with Crippen molar-refractivity contribution >= 4 is 18.9 Å². The third kappa shape index (κ3) is 2.67. The second-order valence-electron chi connectivity index (χ2n) is 3.69. The van der Waals surface area contributed by atoms with Crippen LogP contribution in [0.15, 0.2) is 18.2 Å². The van der Waals surface area contributed by atoms with Crippen molar-refractivity contribution in [3.63, 3.8) is 0 Å². The summed E-state index contributed by atoms with van der Waals surface area (Å²) < 4.78 is 0. The summed E-state index contributed by atoms with van der Waals surface area (Å²) in [4.78, 5) is 10.9. The standard InChI is InChI=1S/C11H15BO3/c1-3-8(2)11-5-4-10(12(14)15)6-9(11)7-13/h4-8,14-15H,3H2,1-2H3. The predicted octanol–water partition coefficient (Wildman–Crippen LogP) is 0.692. The van der Waals surface area contributed by atoms with Gasteiger partial charge in [-0.2, -0.15) is 0 Å².